The number of halogens is 1. The zero-order valence-electron chi connectivity index (χ0n) is 19.7. The maximum Gasteiger partial charge on any atom is 0.239 e. The van der Waals surface area contributed by atoms with Crippen molar-refractivity contribution >= 4 is 46.2 Å². The number of nitrogens with one attached hydrogen (secondary N) is 1. The lowest BCUT2D eigenvalue weighted by molar-refractivity contribution is -0.134. The first kappa shape index (κ1) is 24.7. The van der Waals surface area contributed by atoms with Gasteiger partial charge in [-0.05, 0) is 65.0 Å². The van der Waals surface area contributed by atoms with Crippen LogP contribution in [0, 0.1) is 5.92 Å². The molecular weight excluding hydrogens is 507 g/mol. The lowest BCUT2D eigenvalue weighted by Crippen LogP contribution is -2.48. The normalized spacial score (nSPS) is 16.0. The highest BCUT2D eigenvalue weighted by Gasteiger charge is 2.28. The van der Waals surface area contributed by atoms with Gasteiger partial charge < -0.3 is 10.2 Å². The highest BCUT2D eigenvalue weighted by atomic mass is 127. The summed E-state index contributed by atoms with van der Waals surface area (Å²) in [7, 11) is 1.90. The Labute approximate surface area is 207 Å². The van der Waals surface area contributed by atoms with Gasteiger partial charge in [-0.2, -0.15) is 0 Å². The van der Waals surface area contributed by atoms with Gasteiger partial charge in [-0.25, -0.2) is 0 Å². The van der Waals surface area contributed by atoms with Crippen LogP contribution >= 0.6 is 22.6 Å². The molecule has 0 unspecified atom stereocenters. The molecule has 0 saturated carbocycles. The summed E-state index contributed by atoms with van der Waals surface area (Å²) in [5, 5.41) is 3.23. The molecule has 1 amide bonds. The Kier molecular flexibility index (Phi) is 9.11. The lowest BCUT2D eigenvalue weighted by Gasteiger charge is -2.33. The zero-order chi connectivity index (χ0) is 23.1. The Bertz CT molecular complexity index is 931. The minimum atomic E-state index is -0.0808. The van der Waals surface area contributed by atoms with Crippen molar-refractivity contribution in [2.75, 3.05) is 25.1 Å². The van der Waals surface area contributed by atoms with E-state index in [2.05, 4.69) is 107 Å². The number of nitrogens with zero attached hydrogens (tertiary/aromatic N) is 1. The smallest absolute Gasteiger partial charge is 0.239 e. The van der Waals surface area contributed by atoms with Crippen LogP contribution in [0.3, 0.4) is 0 Å². The second kappa shape index (κ2) is 11.8. The van der Waals surface area contributed by atoms with Crippen LogP contribution in [0.2, 0.25) is 0 Å². The van der Waals surface area contributed by atoms with Gasteiger partial charge in [-0.1, -0.05) is 103 Å². The SMILES string of the molecule is CI.CN[C@@H](CC(C)C)C(=O)N1CCC(=C2c3ccccc3C=Cc3ccccc32)CC1. The van der Waals surface area contributed by atoms with E-state index in [1.165, 1.54) is 33.4 Å². The summed E-state index contributed by atoms with van der Waals surface area (Å²) < 4.78 is 0. The predicted octanol–water partition coefficient (Wildman–Crippen LogP) is 6.28. The van der Waals surface area contributed by atoms with Crippen LogP contribution in [0.25, 0.3) is 17.7 Å². The Balaban J connectivity index is 0.00000141. The van der Waals surface area contributed by atoms with Gasteiger partial charge in [-0.3, -0.25) is 4.79 Å². The number of likely N-dealkylation sites (tertiary alicyclic amines) is 1. The van der Waals surface area contributed by atoms with Crippen molar-refractivity contribution in [3.63, 3.8) is 0 Å². The van der Waals surface area contributed by atoms with Crippen molar-refractivity contribution in [2.45, 2.75) is 39.2 Å². The number of likely N-dealkylation sites (N-methyl/N-ethyl adjacent to an activating group) is 1. The van der Waals surface area contributed by atoms with E-state index in [1.807, 2.05) is 12.0 Å². The summed E-state index contributed by atoms with van der Waals surface area (Å²) in [6.45, 7) is 5.94. The van der Waals surface area contributed by atoms with Gasteiger partial charge >= 0.3 is 0 Å². The number of carbonyl (C=O) groups is 1. The number of hydrogen-bond acceptors (Lipinski definition) is 2. The molecule has 0 radical (unpaired) electrons. The molecule has 1 atom stereocenters. The fraction of sp³-hybridized carbons (Fsp3) is 0.393. The Morgan fingerprint density at radius 3 is 1.91 bits per heavy atom. The maximum absolute atomic E-state index is 13.0. The zero-order valence-corrected chi connectivity index (χ0v) is 21.9. The third-order valence-corrected chi connectivity index (χ3v) is 6.29. The topological polar surface area (TPSA) is 32.3 Å². The van der Waals surface area contributed by atoms with Crippen LogP contribution < -0.4 is 5.32 Å². The second-order valence-electron chi connectivity index (χ2n) is 8.78. The number of fused-ring (bicyclic) bond motifs is 2. The minimum Gasteiger partial charge on any atom is -0.341 e. The average molecular weight is 543 g/mol. The number of piperidine rings is 1. The van der Waals surface area contributed by atoms with E-state index in [0.717, 1.165) is 32.4 Å². The fourth-order valence-electron chi connectivity index (χ4n) is 4.73. The van der Waals surface area contributed by atoms with Gasteiger partial charge in [0.05, 0.1) is 6.04 Å². The van der Waals surface area contributed by atoms with E-state index in [0.29, 0.717) is 5.92 Å². The summed E-state index contributed by atoms with van der Waals surface area (Å²) >= 11 is 2.15. The van der Waals surface area contributed by atoms with Crippen LogP contribution in [-0.2, 0) is 4.79 Å². The van der Waals surface area contributed by atoms with Crippen molar-refractivity contribution in [1.82, 2.24) is 10.2 Å². The molecule has 1 heterocycles. The quantitative estimate of drug-likeness (QED) is 0.311. The summed E-state index contributed by atoms with van der Waals surface area (Å²) in [5.74, 6) is 0.749. The van der Waals surface area contributed by atoms with E-state index < -0.39 is 0 Å². The molecule has 1 aliphatic heterocycles. The van der Waals surface area contributed by atoms with Gasteiger partial charge in [0.2, 0.25) is 5.91 Å². The van der Waals surface area contributed by atoms with Crippen LogP contribution in [0.4, 0.5) is 0 Å². The molecule has 2 aromatic rings. The molecule has 3 nitrogen and oxygen atoms in total. The molecule has 0 bridgehead atoms. The Morgan fingerprint density at radius 1 is 0.938 bits per heavy atom. The number of carbonyl (C=O) groups excluding carboxylic acids is 1. The summed E-state index contributed by atoms with van der Waals surface area (Å²) in [5.41, 5.74) is 7.98. The molecule has 1 aliphatic carbocycles. The molecular formula is C28H35IN2O. The highest BCUT2D eigenvalue weighted by molar-refractivity contribution is 14.1. The van der Waals surface area contributed by atoms with Crippen LogP contribution in [0.15, 0.2) is 54.1 Å². The van der Waals surface area contributed by atoms with E-state index >= 15 is 0 Å². The van der Waals surface area contributed by atoms with E-state index in [4.69, 9.17) is 0 Å². The average Bonchev–Trinajstić information content (AvgIpc) is 3.00. The van der Waals surface area contributed by atoms with Crippen molar-refractivity contribution in [3.05, 3.63) is 76.4 Å². The molecule has 170 valence electrons. The van der Waals surface area contributed by atoms with E-state index in [9.17, 15) is 4.79 Å². The molecule has 1 saturated heterocycles. The first-order chi connectivity index (χ1) is 15.6. The van der Waals surface area contributed by atoms with Crippen molar-refractivity contribution in [1.29, 1.82) is 0 Å². The molecule has 0 aromatic heterocycles. The number of alkyl halides is 1. The molecule has 2 aliphatic rings. The minimum absolute atomic E-state index is 0.0808. The van der Waals surface area contributed by atoms with Crippen LogP contribution in [0.5, 0.6) is 0 Å². The monoisotopic (exact) mass is 542 g/mol. The van der Waals surface area contributed by atoms with Gasteiger partial charge in [0.15, 0.2) is 0 Å². The molecule has 4 heteroatoms. The van der Waals surface area contributed by atoms with E-state index in [-0.39, 0.29) is 11.9 Å². The molecule has 0 spiro atoms. The Hall–Kier alpha value is -1.92. The Morgan fingerprint density at radius 2 is 1.44 bits per heavy atom. The molecule has 1 fully saturated rings. The highest BCUT2D eigenvalue weighted by Crippen LogP contribution is 2.38. The fourth-order valence-corrected chi connectivity index (χ4v) is 4.73. The number of rotatable bonds is 4. The standard InChI is InChI=1S/C27H32N2O.CH3I/c1-19(2)18-25(28-3)27(30)29-16-14-22(15-17-29)26-23-10-6-4-8-20(23)12-13-21-9-5-7-11-24(21)26;1-2/h4-13,19,25,28H,14-18H2,1-3H3;1H3/t25-;/m0./s1. The summed E-state index contributed by atoms with van der Waals surface area (Å²) in [6, 6.07) is 17.3. The number of benzene rings is 2. The summed E-state index contributed by atoms with van der Waals surface area (Å²) in [4.78, 5) is 17.1. The van der Waals surface area contributed by atoms with Crippen LogP contribution in [-0.4, -0.2) is 41.9 Å². The number of amides is 1. The van der Waals surface area contributed by atoms with Gasteiger partial charge in [-0.15, -0.1) is 0 Å². The van der Waals surface area contributed by atoms with Gasteiger partial charge in [0.25, 0.3) is 0 Å². The van der Waals surface area contributed by atoms with Crippen molar-refractivity contribution in [2.24, 2.45) is 5.92 Å². The van der Waals surface area contributed by atoms with Gasteiger partial charge in [0.1, 0.15) is 0 Å². The second-order valence-corrected chi connectivity index (χ2v) is 8.78. The first-order valence-electron chi connectivity index (χ1n) is 11.5. The molecule has 2 aromatic carbocycles. The predicted molar refractivity (Wildman–Crippen MR) is 146 cm³/mol. The maximum atomic E-state index is 13.0. The van der Waals surface area contributed by atoms with Crippen molar-refractivity contribution in [3.8, 4) is 0 Å². The van der Waals surface area contributed by atoms with E-state index in [1.54, 1.807) is 0 Å². The molecule has 4 rings (SSSR count). The molecule has 32 heavy (non-hydrogen) atoms. The molecule has 1 N–H and O–H groups in total. The largest absolute Gasteiger partial charge is 0.341 e. The third kappa shape index (κ3) is 5.52. The van der Waals surface area contributed by atoms with Crippen LogP contribution in [0.1, 0.15) is 55.4 Å². The van der Waals surface area contributed by atoms with Crippen molar-refractivity contribution < 1.29 is 4.79 Å². The number of hydrogen-bond donors (Lipinski definition) is 1. The van der Waals surface area contributed by atoms with Gasteiger partial charge in [0, 0.05) is 13.1 Å². The lowest BCUT2D eigenvalue weighted by atomic mass is 9.86. The first-order valence-corrected chi connectivity index (χ1v) is 13.7. The summed E-state index contributed by atoms with van der Waals surface area (Å²) in [6.07, 6.45) is 7.20. The third-order valence-electron chi connectivity index (χ3n) is 6.29.